The number of carbonyl (C=O) groups excluding carboxylic acids is 1. The highest BCUT2D eigenvalue weighted by Crippen LogP contribution is 2.41. The molecule has 1 N–H and O–H groups in total. The molecule has 1 aromatic heterocycles. The van der Waals surface area contributed by atoms with Crippen LogP contribution in [0.4, 0.5) is 0 Å². The number of aromatic nitrogens is 2. The van der Waals surface area contributed by atoms with Crippen molar-refractivity contribution in [3.05, 3.63) is 47.5 Å². The van der Waals surface area contributed by atoms with Crippen LogP contribution in [-0.4, -0.2) is 48.1 Å². The minimum Gasteiger partial charge on any atom is -0.491 e. The molecule has 3 aromatic rings. The topological polar surface area (TPSA) is 58.2 Å². The number of hydrogen-bond donors (Lipinski definition) is 1. The predicted molar refractivity (Wildman–Crippen MR) is 89.0 cm³/mol. The average molecular weight is 307 g/mol. The molecule has 0 amide bonds. The lowest BCUT2D eigenvalue weighted by molar-refractivity contribution is 0.103. The zero-order valence-corrected chi connectivity index (χ0v) is 13.1. The highest BCUT2D eigenvalue weighted by atomic mass is 16.5. The summed E-state index contributed by atoms with van der Waals surface area (Å²) in [5, 5.41) is 8.28. The monoisotopic (exact) mass is 307 g/mol. The zero-order chi connectivity index (χ0) is 16.0. The number of likely N-dealkylation sites (N-methyl/N-ethyl adjacent to an activating group) is 1. The summed E-state index contributed by atoms with van der Waals surface area (Å²) >= 11 is 0. The van der Waals surface area contributed by atoms with E-state index in [0.29, 0.717) is 23.5 Å². The quantitative estimate of drug-likeness (QED) is 0.630. The van der Waals surface area contributed by atoms with Gasteiger partial charge in [-0.3, -0.25) is 9.89 Å². The number of ketones is 1. The molecule has 0 radical (unpaired) electrons. The van der Waals surface area contributed by atoms with Gasteiger partial charge in [0.25, 0.3) is 0 Å². The first kappa shape index (κ1) is 14.0. The first-order valence-electron chi connectivity index (χ1n) is 7.59. The van der Waals surface area contributed by atoms with E-state index < -0.39 is 0 Å². The van der Waals surface area contributed by atoms with Gasteiger partial charge in [0.1, 0.15) is 18.1 Å². The van der Waals surface area contributed by atoms with Gasteiger partial charge in [-0.1, -0.05) is 24.3 Å². The number of fused-ring (bicyclic) bond motifs is 2. The van der Waals surface area contributed by atoms with Crippen LogP contribution >= 0.6 is 0 Å². The van der Waals surface area contributed by atoms with Crippen molar-refractivity contribution in [2.75, 3.05) is 27.2 Å². The smallest absolute Gasteiger partial charge is 0.198 e. The summed E-state index contributed by atoms with van der Waals surface area (Å²) in [7, 11) is 3.98. The molecule has 0 spiro atoms. The minimum atomic E-state index is -0.0000435. The number of H-pyrrole nitrogens is 1. The van der Waals surface area contributed by atoms with Crippen LogP contribution in [0.25, 0.3) is 22.2 Å². The Morgan fingerprint density at radius 1 is 1.13 bits per heavy atom. The van der Waals surface area contributed by atoms with Gasteiger partial charge in [0.2, 0.25) is 0 Å². The molecule has 0 fully saturated rings. The van der Waals surface area contributed by atoms with Crippen LogP contribution in [0.5, 0.6) is 5.75 Å². The van der Waals surface area contributed by atoms with Gasteiger partial charge in [-0.05, 0) is 26.2 Å². The summed E-state index contributed by atoms with van der Waals surface area (Å²) in [5.74, 6) is 0.626. The van der Waals surface area contributed by atoms with Crippen molar-refractivity contribution >= 4 is 16.7 Å². The lowest BCUT2D eigenvalue weighted by Crippen LogP contribution is -2.20. The molecule has 116 valence electrons. The Morgan fingerprint density at radius 2 is 1.91 bits per heavy atom. The van der Waals surface area contributed by atoms with Crippen LogP contribution in [0.3, 0.4) is 0 Å². The van der Waals surface area contributed by atoms with Gasteiger partial charge in [0.15, 0.2) is 5.78 Å². The summed E-state index contributed by atoms with van der Waals surface area (Å²) in [4.78, 5) is 15.0. The molecule has 1 aliphatic rings. The summed E-state index contributed by atoms with van der Waals surface area (Å²) in [5.41, 5.74) is 3.85. The summed E-state index contributed by atoms with van der Waals surface area (Å²) in [6.07, 6.45) is 0. The fourth-order valence-electron chi connectivity index (χ4n) is 3.00. The molecule has 0 saturated heterocycles. The third-order valence-corrected chi connectivity index (χ3v) is 4.14. The second-order valence-corrected chi connectivity index (χ2v) is 5.96. The van der Waals surface area contributed by atoms with Crippen LogP contribution < -0.4 is 4.74 Å². The Balaban J connectivity index is 1.88. The van der Waals surface area contributed by atoms with Crippen LogP contribution in [0.2, 0.25) is 0 Å². The molecule has 0 bridgehead atoms. The van der Waals surface area contributed by atoms with E-state index in [-0.39, 0.29) is 5.78 Å². The third kappa shape index (κ3) is 2.12. The standard InChI is InChI=1S/C18H17N3O2/c1-21(2)9-10-23-14-8-7-13-15-16(14)18(22)12-6-4-3-5-11(12)17(15)20-19-13/h3-8H,9-10H2,1-2H3,(H,19,20). The third-order valence-electron chi connectivity index (χ3n) is 4.14. The van der Waals surface area contributed by atoms with Crippen molar-refractivity contribution in [1.82, 2.24) is 15.1 Å². The number of ether oxygens (including phenoxy) is 1. The Hall–Kier alpha value is -2.66. The van der Waals surface area contributed by atoms with Crippen molar-refractivity contribution < 1.29 is 9.53 Å². The van der Waals surface area contributed by atoms with E-state index in [9.17, 15) is 4.79 Å². The van der Waals surface area contributed by atoms with Crippen molar-refractivity contribution in [2.24, 2.45) is 0 Å². The molecule has 5 heteroatoms. The lowest BCUT2D eigenvalue weighted by Gasteiger charge is -2.18. The van der Waals surface area contributed by atoms with Crippen molar-refractivity contribution in [2.45, 2.75) is 0 Å². The molecular weight excluding hydrogens is 290 g/mol. The number of rotatable bonds is 4. The van der Waals surface area contributed by atoms with E-state index in [1.165, 1.54) is 0 Å². The summed E-state index contributed by atoms with van der Waals surface area (Å²) in [6, 6.07) is 11.3. The maximum atomic E-state index is 13.0. The van der Waals surface area contributed by atoms with Gasteiger partial charge in [0.05, 0.1) is 11.1 Å². The first-order chi connectivity index (χ1) is 11.2. The maximum absolute atomic E-state index is 13.0. The van der Waals surface area contributed by atoms with E-state index in [0.717, 1.165) is 28.7 Å². The van der Waals surface area contributed by atoms with Crippen LogP contribution in [0, 0.1) is 0 Å². The number of nitrogens with zero attached hydrogens (tertiary/aromatic N) is 2. The number of aromatic amines is 1. The van der Waals surface area contributed by atoms with Crippen LogP contribution in [0.1, 0.15) is 15.9 Å². The molecular formula is C18H17N3O2. The molecule has 5 nitrogen and oxygen atoms in total. The Labute approximate surface area is 133 Å². The van der Waals surface area contributed by atoms with Crippen LogP contribution in [0.15, 0.2) is 36.4 Å². The molecule has 0 aliphatic heterocycles. The largest absolute Gasteiger partial charge is 0.491 e. The Kier molecular flexibility index (Phi) is 3.16. The van der Waals surface area contributed by atoms with E-state index in [4.69, 9.17) is 4.74 Å². The molecule has 0 saturated carbocycles. The van der Waals surface area contributed by atoms with Gasteiger partial charge in [-0.25, -0.2) is 0 Å². The van der Waals surface area contributed by atoms with Gasteiger partial charge >= 0.3 is 0 Å². The second-order valence-electron chi connectivity index (χ2n) is 5.96. The normalized spacial score (nSPS) is 12.7. The van der Waals surface area contributed by atoms with Crippen molar-refractivity contribution in [3.8, 4) is 17.0 Å². The van der Waals surface area contributed by atoms with E-state index in [1.807, 2.05) is 55.4 Å². The van der Waals surface area contributed by atoms with Gasteiger partial charge in [-0.2, -0.15) is 5.10 Å². The molecule has 1 aliphatic carbocycles. The van der Waals surface area contributed by atoms with Crippen molar-refractivity contribution in [1.29, 1.82) is 0 Å². The van der Waals surface area contributed by atoms with Gasteiger partial charge in [-0.15, -0.1) is 0 Å². The van der Waals surface area contributed by atoms with Gasteiger partial charge in [0, 0.05) is 23.1 Å². The molecule has 4 rings (SSSR count). The van der Waals surface area contributed by atoms with Crippen molar-refractivity contribution in [3.63, 3.8) is 0 Å². The lowest BCUT2D eigenvalue weighted by atomic mass is 9.87. The molecule has 23 heavy (non-hydrogen) atoms. The summed E-state index contributed by atoms with van der Waals surface area (Å²) < 4.78 is 5.89. The molecule has 0 atom stereocenters. The molecule has 1 heterocycles. The number of hydrogen-bond acceptors (Lipinski definition) is 4. The SMILES string of the molecule is CN(C)CCOc1ccc2[nH]nc3c2c1C(=O)c1ccccc1-3. The van der Waals surface area contributed by atoms with Crippen LogP contribution in [-0.2, 0) is 0 Å². The van der Waals surface area contributed by atoms with Gasteiger partial charge < -0.3 is 9.64 Å². The highest BCUT2D eigenvalue weighted by molar-refractivity contribution is 6.26. The number of benzene rings is 2. The number of nitrogens with one attached hydrogen (secondary N) is 1. The second kappa shape index (κ2) is 5.21. The maximum Gasteiger partial charge on any atom is 0.198 e. The predicted octanol–water partition coefficient (Wildman–Crippen LogP) is 2.71. The first-order valence-corrected chi connectivity index (χ1v) is 7.59. The molecule has 0 unspecified atom stereocenters. The fraction of sp³-hybridized carbons (Fsp3) is 0.222. The van der Waals surface area contributed by atoms with E-state index in [2.05, 4.69) is 10.2 Å². The molecule has 2 aromatic carbocycles. The Morgan fingerprint density at radius 3 is 2.70 bits per heavy atom. The fourth-order valence-corrected chi connectivity index (χ4v) is 3.00. The average Bonchev–Trinajstić information content (AvgIpc) is 2.97. The van der Waals surface area contributed by atoms with E-state index in [1.54, 1.807) is 0 Å². The Bertz CT molecular complexity index is 912. The van der Waals surface area contributed by atoms with E-state index >= 15 is 0 Å². The minimum absolute atomic E-state index is 0.0000435. The highest BCUT2D eigenvalue weighted by Gasteiger charge is 2.30. The zero-order valence-electron chi connectivity index (χ0n) is 13.1. The summed E-state index contributed by atoms with van der Waals surface area (Å²) in [6.45, 7) is 1.33. The number of carbonyl (C=O) groups is 1.